The molecule has 2 rings (SSSR count). The molecular weight excluding hydrogens is 331 g/mol. The molecule has 1 amide bonds. The minimum Gasteiger partial charge on any atom is -0.355 e. The van der Waals surface area contributed by atoms with Gasteiger partial charge in [-0.25, -0.2) is 17.1 Å². The first-order chi connectivity index (χ1) is 11.5. The lowest BCUT2D eigenvalue weighted by molar-refractivity contribution is -0.121. The smallest absolute Gasteiger partial charge is 0.220 e. The van der Waals surface area contributed by atoms with Crippen LogP contribution in [0.4, 0.5) is 4.39 Å². The van der Waals surface area contributed by atoms with Crippen molar-refractivity contribution in [2.45, 2.75) is 38.5 Å². The molecule has 0 radical (unpaired) electrons. The first-order valence-electron chi connectivity index (χ1n) is 8.47. The first kappa shape index (κ1) is 18.9. The highest BCUT2D eigenvalue weighted by Gasteiger charge is 2.23. The van der Waals surface area contributed by atoms with Gasteiger partial charge in [-0.3, -0.25) is 4.79 Å². The van der Waals surface area contributed by atoms with Crippen LogP contribution in [0, 0.1) is 5.82 Å². The van der Waals surface area contributed by atoms with Crippen molar-refractivity contribution < 1.29 is 17.6 Å². The summed E-state index contributed by atoms with van der Waals surface area (Å²) in [4.78, 5) is 11.8. The van der Waals surface area contributed by atoms with Crippen molar-refractivity contribution in [2.24, 2.45) is 0 Å². The molecule has 1 N–H and O–H groups in total. The van der Waals surface area contributed by atoms with Crippen molar-refractivity contribution in [1.29, 1.82) is 0 Å². The molecule has 1 aliphatic heterocycles. The molecule has 0 unspecified atom stereocenters. The normalized spacial score (nSPS) is 16.0. The van der Waals surface area contributed by atoms with E-state index in [0.717, 1.165) is 19.3 Å². The van der Waals surface area contributed by atoms with Crippen LogP contribution in [0.15, 0.2) is 24.3 Å². The first-order valence-corrected chi connectivity index (χ1v) is 10.1. The summed E-state index contributed by atoms with van der Waals surface area (Å²) in [5, 5.41) is 2.64. The minimum atomic E-state index is -3.28. The fourth-order valence-electron chi connectivity index (χ4n) is 2.82. The second-order valence-electron chi connectivity index (χ2n) is 6.07. The summed E-state index contributed by atoms with van der Waals surface area (Å²) < 4.78 is 39.2. The summed E-state index contributed by atoms with van der Waals surface area (Å²) in [6.07, 6.45) is 4.17. The molecule has 1 heterocycles. The van der Waals surface area contributed by atoms with Gasteiger partial charge in [0.2, 0.25) is 15.9 Å². The highest BCUT2D eigenvalue weighted by Crippen LogP contribution is 2.13. The fraction of sp³-hybridized carbons (Fsp3) is 0.588. The van der Waals surface area contributed by atoms with E-state index >= 15 is 0 Å². The molecule has 0 atom stereocenters. The molecule has 1 aliphatic rings. The van der Waals surface area contributed by atoms with E-state index in [-0.39, 0.29) is 30.4 Å². The number of hydrogen-bond donors (Lipinski definition) is 1. The molecule has 7 heteroatoms. The average molecular weight is 356 g/mol. The zero-order valence-corrected chi connectivity index (χ0v) is 14.7. The standard InChI is InChI=1S/C17H25FN2O3S/c18-16-9-3-2-7-15(16)8-6-10-17(21)19-11-14-24(22,23)20-12-4-1-5-13-20/h2-3,7,9H,1,4-6,8,10-14H2,(H,19,21). The highest BCUT2D eigenvalue weighted by atomic mass is 32.2. The van der Waals surface area contributed by atoms with E-state index in [1.165, 1.54) is 10.4 Å². The number of piperidine rings is 1. The summed E-state index contributed by atoms with van der Waals surface area (Å²) >= 11 is 0. The fourth-order valence-corrected chi connectivity index (χ4v) is 4.25. The molecule has 1 aromatic rings. The van der Waals surface area contributed by atoms with Crippen molar-refractivity contribution >= 4 is 15.9 Å². The van der Waals surface area contributed by atoms with E-state index in [9.17, 15) is 17.6 Å². The third-order valence-electron chi connectivity index (χ3n) is 4.20. The number of nitrogens with zero attached hydrogens (tertiary/aromatic N) is 1. The topological polar surface area (TPSA) is 66.5 Å². The van der Waals surface area contributed by atoms with Crippen molar-refractivity contribution in [2.75, 3.05) is 25.4 Å². The van der Waals surface area contributed by atoms with Crippen LogP contribution in [-0.4, -0.2) is 44.0 Å². The van der Waals surface area contributed by atoms with Gasteiger partial charge in [-0.2, -0.15) is 0 Å². The maximum atomic E-state index is 13.5. The van der Waals surface area contributed by atoms with Gasteiger partial charge in [0.15, 0.2) is 0 Å². The van der Waals surface area contributed by atoms with Gasteiger partial charge < -0.3 is 5.32 Å². The summed E-state index contributed by atoms with van der Waals surface area (Å²) in [7, 11) is -3.28. The van der Waals surface area contributed by atoms with Gasteiger partial charge in [-0.1, -0.05) is 24.6 Å². The molecule has 0 saturated carbocycles. The predicted molar refractivity (Wildman–Crippen MR) is 91.6 cm³/mol. The van der Waals surface area contributed by atoms with Gasteiger partial charge in [0.05, 0.1) is 5.75 Å². The summed E-state index contributed by atoms with van der Waals surface area (Å²) in [6.45, 7) is 1.29. The average Bonchev–Trinajstić information content (AvgIpc) is 2.57. The number of hydrogen-bond acceptors (Lipinski definition) is 3. The van der Waals surface area contributed by atoms with Crippen LogP contribution in [0.2, 0.25) is 0 Å². The molecule has 0 spiro atoms. The van der Waals surface area contributed by atoms with Crippen molar-refractivity contribution in [3.05, 3.63) is 35.6 Å². The Bertz CT molecular complexity index is 643. The summed E-state index contributed by atoms with van der Waals surface area (Å²) in [6, 6.07) is 6.51. The third-order valence-corrected chi connectivity index (χ3v) is 6.07. The lowest BCUT2D eigenvalue weighted by atomic mass is 10.1. The van der Waals surface area contributed by atoms with Gasteiger partial charge in [-0.15, -0.1) is 0 Å². The summed E-state index contributed by atoms with van der Waals surface area (Å²) in [5.41, 5.74) is 0.595. The molecule has 24 heavy (non-hydrogen) atoms. The number of carbonyl (C=O) groups excluding carboxylic acids is 1. The van der Waals surface area contributed by atoms with Gasteiger partial charge in [0, 0.05) is 26.1 Å². The Balaban J connectivity index is 1.65. The van der Waals surface area contributed by atoms with E-state index in [1.54, 1.807) is 18.2 Å². The Morgan fingerprint density at radius 3 is 2.58 bits per heavy atom. The lowest BCUT2D eigenvalue weighted by Crippen LogP contribution is -2.40. The monoisotopic (exact) mass is 356 g/mol. The Morgan fingerprint density at radius 2 is 1.88 bits per heavy atom. The van der Waals surface area contributed by atoms with Gasteiger partial charge >= 0.3 is 0 Å². The van der Waals surface area contributed by atoms with Crippen LogP contribution in [0.3, 0.4) is 0 Å². The molecule has 1 fully saturated rings. The van der Waals surface area contributed by atoms with Gasteiger partial charge in [0.25, 0.3) is 0 Å². The molecule has 0 aliphatic carbocycles. The number of rotatable bonds is 8. The van der Waals surface area contributed by atoms with Crippen LogP contribution in [0.25, 0.3) is 0 Å². The van der Waals surface area contributed by atoms with Gasteiger partial charge in [0.1, 0.15) is 5.82 Å². The highest BCUT2D eigenvalue weighted by molar-refractivity contribution is 7.89. The van der Waals surface area contributed by atoms with Crippen molar-refractivity contribution in [1.82, 2.24) is 9.62 Å². The van der Waals surface area contributed by atoms with Crippen LogP contribution in [0.1, 0.15) is 37.7 Å². The largest absolute Gasteiger partial charge is 0.355 e. The van der Waals surface area contributed by atoms with Crippen LogP contribution in [-0.2, 0) is 21.2 Å². The predicted octanol–water partition coefficient (Wildman–Crippen LogP) is 2.08. The zero-order valence-electron chi connectivity index (χ0n) is 13.8. The molecule has 1 saturated heterocycles. The Kier molecular flexibility index (Phi) is 7.17. The van der Waals surface area contributed by atoms with Crippen LogP contribution < -0.4 is 5.32 Å². The van der Waals surface area contributed by atoms with Crippen molar-refractivity contribution in [3.63, 3.8) is 0 Å². The number of halogens is 1. The van der Waals surface area contributed by atoms with Gasteiger partial charge in [-0.05, 0) is 37.3 Å². The van der Waals surface area contributed by atoms with Crippen LogP contribution >= 0.6 is 0 Å². The zero-order chi connectivity index (χ0) is 17.4. The number of nitrogens with one attached hydrogen (secondary N) is 1. The molecule has 134 valence electrons. The van der Waals surface area contributed by atoms with E-state index in [2.05, 4.69) is 5.32 Å². The molecule has 0 aromatic heterocycles. The quantitative estimate of drug-likeness (QED) is 0.775. The third kappa shape index (κ3) is 5.87. The number of aryl methyl sites for hydroxylation is 1. The van der Waals surface area contributed by atoms with E-state index in [4.69, 9.17) is 0 Å². The maximum Gasteiger partial charge on any atom is 0.220 e. The van der Waals surface area contributed by atoms with E-state index < -0.39 is 10.0 Å². The van der Waals surface area contributed by atoms with E-state index in [1.807, 2.05) is 0 Å². The molecule has 5 nitrogen and oxygen atoms in total. The second kappa shape index (κ2) is 9.13. The molecule has 0 bridgehead atoms. The molecular formula is C17H25FN2O3S. The van der Waals surface area contributed by atoms with E-state index in [0.29, 0.717) is 31.5 Å². The second-order valence-corrected chi connectivity index (χ2v) is 8.16. The Hall–Kier alpha value is -1.47. The maximum absolute atomic E-state index is 13.5. The number of amides is 1. The lowest BCUT2D eigenvalue weighted by Gasteiger charge is -2.25. The number of sulfonamides is 1. The summed E-state index contributed by atoms with van der Waals surface area (Å²) in [5.74, 6) is -0.516. The number of carbonyl (C=O) groups is 1. The minimum absolute atomic E-state index is 0.0634. The van der Waals surface area contributed by atoms with Crippen molar-refractivity contribution in [3.8, 4) is 0 Å². The van der Waals surface area contributed by atoms with Crippen LogP contribution in [0.5, 0.6) is 0 Å². The Labute approximate surface area is 143 Å². The SMILES string of the molecule is O=C(CCCc1ccccc1F)NCCS(=O)(=O)N1CCCCC1. The molecule has 1 aromatic carbocycles. The number of benzene rings is 1. The Morgan fingerprint density at radius 1 is 1.17 bits per heavy atom.